The number of benzene rings is 2. The highest BCUT2D eigenvalue weighted by molar-refractivity contribution is 7.90. The number of carbonyl (C=O) groups is 1. The largest absolute Gasteiger partial charge is 0.354 e. The standard InChI is InChI=1S/C21H25N3O3S/c1-14(2)17-10-8-16(9-11-17)12-13-22-21(25)15(3)23-20-18-6-4-5-7-19(18)28(26,27)24-20/h4-11,14-15H,12-13H2,1-3H3,(H,22,25)(H,23,24)/t15-/m0/s1. The van der Waals surface area contributed by atoms with Crippen LogP contribution < -0.4 is 10.0 Å². The smallest absolute Gasteiger partial charge is 0.263 e. The second kappa shape index (κ2) is 8.14. The van der Waals surface area contributed by atoms with Crippen LogP contribution in [0.2, 0.25) is 0 Å². The maximum absolute atomic E-state index is 12.3. The Morgan fingerprint density at radius 1 is 1.07 bits per heavy atom. The van der Waals surface area contributed by atoms with Gasteiger partial charge in [-0.1, -0.05) is 50.2 Å². The van der Waals surface area contributed by atoms with Gasteiger partial charge in [-0.25, -0.2) is 8.42 Å². The lowest BCUT2D eigenvalue weighted by Gasteiger charge is -2.10. The van der Waals surface area contributed by atoms with Crippen molar-refractivity contribution in [3.8, 4) is 0 Å². The summed E-state index contributed by atoms with van der Waals surface area (Å²) in [6.45, 7) is 6.45. The van der Waals surface area contributed by atoms with E-state index >= 15 is 0 Å². The third kappa shape index (κ3) is 4.42. The molecular formula is C21H25N3O3S. The average molecular weight is 400 g/mol. The lowest BCUT2D eigenvalue weighted by molar-refractivity contribution is -0.121. The first-order valence-corrected chi connectivity index (χ1v) is 10.8. The van der Waals surface area contributed by atoms with Crippen molar-refractivity contribution in [3.63, 3.8) is 0 Å². The predicted molar refractivity (Wildman–Crippen MR) is 110 cm³/mol. The van der Waals surface area contributed by atoms with E-state index in [9.17, 15) is 13.2 Å². The summed E-state index contributed by atoms with van der Waals surface area (Å²) in [4.78, 5) is 16.8. The third-order valence-corrected chi connectivity index (χ3v) is 6.12. The van der Waals surface area contributed by atoms with Crippen molar-refractivity contribution >= 4 is 21.8 Å². The number of fused-ring (bicyclic) bond motifs is 1. The van der Waals surface area contributed by atoms with Gasteiger partial charge in [0, 0.05) is 12.1 Å². The first kappa shape index (κ1) is 20.1. The van der Waals surface area contributed by atoms with Crippen molar-refractivity contribution in [1.82, 2.24) is 10.0 Å². The molecule has 2 aromatic rings. The van der Waals surface area contributed by atoms with Crippen LogP contribution in [0, 0.1) is 0 Å². The van der Waals surface area contributed by atoms with Crippen LogP contribution in [0.3, 0.4) is 0 Å². The van der Waals surface area contributed by atoms with Gasteiger partial charge in [0.25, 0.3) is 10.0 Å². The molecule has 1 atom stereocenters. The van der Waals surface area contributed by atoms with Gasteiger partial charge in [0.2, 0.25) is 5.91 Å². The molecule has 3 rings (SSSR count). The van der Waals surface area contributed by atoms with Crippen LogP contribution in [0.25, 0.3) is 0 Å². The van der Waals surface area contributed by atoms with Gasteiger partial charge >= 0.3 is 0 Å². The predicted octanol–water partition coefficient (Wildman–Crippen LogP) is 2.60. The average Bonchev–Trinajstić information content (AvgIpc) is 2.92. The molecule has 0 aromatic heterocycles. The second-order valence-corrected chi connectivity index (χ2v) is 8.84. The zero-order chi connectivity index (χ0) is 20.3. The number of amides is 1. The second-order valence-electron chi connectivity index (χ2n) is 7.19. The number of rotatable bonds is 6. The molecule has 0 saturated heterocycles. The number of nitrogens with one attached hydrogen (secondary N) is 2. The number of nitrogens with zero attached hydrogens (tertiary/aromatic N) is 1. The topological polar surface area (TPSA) is 87.6 Å². The van der Waals surface area contributed by atoms with E-state index in [1.807, 2.05) is 0 Å². The molecule has 0 unspecified atom stereocenters. The first-order chi connectivity index (χ1) is 13.3. The van der Waals surface area contributed by atoms with Crippen LogP contribution in [-0.4, -0.2) is 32.7 Å². The van der Waals surface area contributed by atoms with Crippen LogP contribution in [0.15, 0.2) is 58.4 Å². The van der Waals surface area contributed by atoms with Crippen LogP contribution in [-0.2, 0) is 21.2 Å². The highest BCUT2D eigenvalue weighted by Gasteiger charge is 2.31. The third-order valence-electron chi connectivity index (χ3n) is 4.72. The summed E-state index contributed by atoms with van der Waals surface area (Å²) < 4.78 is 26.7. The van der Waals surface area contributed by atoms with Gasteiger partial charge in [0.05, 0.1) is 4.90 Å². The molecule has 1 amide bonds. The normalized spacial score (nSPS) is 17.2. The number of sulfonamides is 1. The molecule has 1 aliphatic heterocycles. The summed E-state index contributed by atoms with van der Waals surface area (Å²) >= 11 is 0. The van der Waals surface area contributed by atoms with Crippen molar-refractivity contribution in [3.05, 3.63) is 65.2 Å². The Morgan fingerprint density at radius 3 is 2.43 bits per heavy atom. The van der Waals surface area contributed by atoms with Gasteiger partial charge in [0.15, 0.2) is 0 Å². The van der Waals surface area contributed by atoms with Crippen molar-refractivity contribution in [1.29, 1.82) is 0 Å². The van der Waals surface area contributed by atoms with Crippen molar-refractivity contribution < 1.29 is 13.2 Å². The Labute approximate surface area is 166 Å². The van der Waals surface area contributed by atoms with E-state index in [1.165, 1.54) is 11.6 Å². The molecule has 0 spiro atoms. The molecule has 1 aliphatic rings. The fourth-order valence-electron chi connectivity index (χ4n) is 3.03. The zero-order valence-electron chi connectivity index (χ0n) is 16.3. The van der Waals surface area contributed by atoms with Crippen LogP contribution in [0.1, 0.15) is 43.4 Å². The molecule has 0 aliphatic carbocycles. The maximum atomic E-state index is 12.3. The Bertz CT molecular complexity index is 996. The molecule has 6 nitrogen and oxygen atoms in total. The molecule has 2 aromatic carbocycles. The zero-order valence-corrected chi connectivity index (χ0v) is 17.1. The number of aliphatic imine (C=N–C) groups is 1. The lowest BCUT2D eigenvalue weighted by Crippen LogP contribution is -2.35. The summed E-state index contributed by atoms with van der Waals surface area (Å²) in [5.41, 5.74) is 2.94. The number of hydrogen-bond donors (Lipinski definition) is 2. The molecular weight excluding hydrogens is 374 g/mol. The first-order valence-electron chi connectivity index (χ1n) is 9.34. The fraction of sp³-hybridized carbons (Fsp3) is 0.333. The molecule has 148 valence electrons. The van der Waals surface area contributed by atoms with Gasteiger partial charge in [-0.15, -0.1) is 0 Å². The Balaban J connectivity index is 1.59. The minimum Gasteiger partial charge on any atom is -0.354 e. The van der Waals surface area contributed by atoms with E-state index < -0.39 is 16.1 Å². The van der Waals surface area contributed by atoms with Crippen molar-refractivity contribution in [2.45, 2.75) is 44.0 Å². The minimum atomic E-state index is -3.60. The molecule has 28 heavy (non-hydrogen) atoms. The van der Waals surface area contributed by atoms with E-state index in [2.05, 4.69) is 53.1 Å². The number of hydrogen-bond acceptors (Lipinski definition) is 4. The number of carbonyl (C=O) groups excluding carboxylic acids is 1. The van der Waals surface area contributed by atoms with Gasteiger partial charge in [-0.3, -0.25) is 14.5 Å². The maximum Gasteiger partial charge on any atom is 0.263 e. The summed E-state index contributed by atoms with van der Waals surface area (Å²) in [5, 5.41) is 2.86. The van der Waals surface area contributed by atoms with E-state index in [0.717, 1.165) is 12.0 Å². The van der Waals surface area contributed by atoms with Gasteiger partial charge in [0.1, 0.15) is 11.9 Å². The molecule has 2 N–H and O–H groups in total. The van der Waals surface area contributed by atoms with Crippen molar-refractivity contribution in [2.24, 2.45) is 4.99 Å². The Morgan fingerprint density at radius 2 is 1.75 bits per heavy atom. The lowest BCUT2D eigenvalue weighted by atomic mass is 10.0. The van der Waals surface area contributed by atoms with Gasteiger partial charge in [-0.05, 0) is 42.5 Å². The van der Waals surface area contributed by atoms with Crippen LogP contribution in [0.5, 0.6) is 0 Å². The molecule has 0 fully saturated rings. The SMILES string of the molecule is CC(C)c1ccc(CCNC(=O)[C@H](C)N=C2NS(=O)(=O)c3ccccc32)cc1. The van der Waals surface area contributed by atoms with E-state index in [1.54, 1.807) is 25.1 Å². The van der Waals surface area contributed by atoms with Gasteiger partial charge < -0.3 is 5.32 Å². The minimum absolute atomic E-state index is 0.186. The van der Waals surface area contributed by atoms with Crippen molar-refractivity contribution in [2.75, 3.05) is 6.54 Å². The van der Waals surface area contributed by atoms with E-state index in [-0.39, 0.29) is 16.6 Å². The molecule has 1 heterocycles. The van der Waals surface area contributed by atoms with Gasteiger partial charge in [-0.2, -0.15) is 0 Å². The monoisotopic (exact) mass is 399 g/mol. The molecule has 7 heteroatoms. The van der Waals surface area contributed by atoms with Crippen LogP contribution >= 0.6 is 0 Å². The number of amidine groups is 1. The molecule has 0 saturated carbocycles. The summed E-state index contributed by atoms with van der Waals surface area (Å²) in [6.07, 6.45) is 0.725. The highest BCUT2D eigenvalue weighted by atomic mass is 32.2. The summed E-state index contributed by atoms with van der Waals surface area (Å²) in [7, 11) is -3.60. The Kier molecular flexibility index (Phi) is 5.84. The highest BCUT2D eigenvalue weighted by Crippen LogP contribution is 2.22. The fourth-order valence-corrected chi connectivity index (χ4v) is 4.27. The molecule has 0 radical (unpaired) electrons. The Hall–Kier alpha value is -2.67. The summed E-state index contributed by atoms with van der Waals surface area (Å²) in [5.74, 6) is 0.462. The molecule has 0 bridgehead atoms. The van der Waals surface area contributed by atoms with E-state index in [4.69, 9.17) is 0 Å². The van der Waals surface area contributed by atoms with Crippen LogP contribution in [0.4, 0.5) is 0 Å². The van der Waals surface area contributed by atoms with E-state index in [0.29, 0.717) is 18.0 Å². The summed E-state index contributed by atoms with van der Waals surface area (Å²) in [6, 6.07) is 14.3. The quantitative estimate of drug-likeness (QED) is 0.783.